The number of urea groups is 1. The maximum absolute atomic E-state index is 12.5. The maximum atomic E-state index is 12.5. The fourth-order valence-electron chi connectivity index (χ4n) is 3.87. The van der Waals surface area contributed by atoms with Gasteiger partial charge in [-0.25, -0.2) is 4.79 Å². The molecule has 0 atom stereocenters. The van der Waals surface area contributed by atoms with E-state index in [2.05, 4.69) is 48.0 Å². The van der Waals surface area contributed by atoms with E-state index in [-0.39, 0.29) is 6.03 Å². The number of amides is 2. The largest absolute Gasteiger partial charge is 0.325 e. The molecule has 0 radical (unpaired) electrons. The van der Waals surface area contributed by atoms with E-state index in [9.17, 15) is 4.79 Å². The minimum absolute atomic E-state index is 0.0134. The van der Waals surface area contributed by atoms with Crippen LogP contribution in [0.25, 0.3) is 11.1 Å². The zero-order chi connectivity index (χ0) is 19.3. The van der Waals surface area contributed by atoms with Gasteiger partial charge in [-0.2, -0.15) is 0 Å². The molecule has 1 fully saturated rings. The van der Waals surface area contributed by atoms with Crippen LogP contribution in [0, 0.1) is 12.8 Å². The Balaban J connectivity index is 1.31. The molecule has 144 valence electrons. The van der Waals surface area contributed by atoms with Gasteiger partial charge in [0.25, 0.3) is 0 Å². The number of thiophene rings is 1. The highest BCUT2D eigenvalue weighted by molar-refractivity contribution is 7.10. The standard InChI is InChI=1S/C24H26N2OS/c1-18-14-22(17-28-18)21-7-5-6-20(16-21)15-19-10-12-26(13-11-19)24(27)25-23-8-3-2-4-9-23/h2-9,14,16-17,19H,10-13,15H2,1H3,(H,25,27). The number of carbonyl (C=O) groups excluding carboxylic acids is 1. The van der Waals surface area contributed by atoms with Gasteiger partial charge in [-0.05, 0) is 72.4 Å². The molecule has 0 spiro atoms. The molecule has 2 aromatic carbocycles. The summed E-state index contributed by atoms with van der Waals surface area (Å²) < 4.78 is 0. The first-order valence-electron chi connectivity index (χ1n) is 9.93. The molecule has 0 bridgehead atoms. The van der Waals surface area contributed by atoms with Gasteiger partial charge in [-0.1, -0.05) is 42.5 Å². The fraction of sp³-hybridized carbons (Fsp3) is 0.292. The van der Waals surface area contributed by atoms with Gasteiger partial charge in [0.2, 0.25) is 0 Å². The number of anilines is 1. The molecule has 3 nitrogen and oxygen atoms in total. The van der Waals surface area contributed by atoms with Gasteiger partial charge >= 0.3 is 6.03 Å². The predicted molar refractivity (Wildman–Crippen MR) is 118 cm³/mol. The maximum Gasteiger partial charge on any atom is 0.321 e. The third-order valence-electron chi connectivity index (χ3n) is 5.44. The van der Waals surface area contributed by atoms with Crippen molar-refractivity contribution in [3.63, 3.8) is 0 Å². The van der Waals surface area contributed by atoms with Crippen LogP contribution in [0.5, 0.6) is 0 Å². The number of para-hydroxylation sites is 1. The molecule has 3 aromatic rings. The predicted octanol–water partition coefficient (Wildman–Crippen LogP) is 6.21. The Morgan fingerprint density at radius 3 is 2.54 bits per heavy atom. The molecule has 1 aromatic heterocycles. The first-order valence-corrected chi connectivity index (χ1v) is 10.8. The highest BCUT2D eigenvalue weighted by Gasteiger charge is 2.23. The number of nitrogens with zero attached hydrogens (tertiary/aromatic N) is 1. The third kappa shape index (κ3) is 4.63. The van der Waals surface area contributed by atoms with Crippen molar-refractivity contribution in [2.75, 3.05) is 18.4 Å². The molecule has 1 N–H and O–H groups in total. The van der Waals surface area contributed by atoms with Crippen LogP contribution in [-0.2, 0) is 6.42 Å². The fourth-order valence-corrected chi connectivity index (χ4v) is 4.58. The number of piperidine rings is 1. The van der Waals surface area contributed by atoms with Crippen LogP contribution in [0.4, 0.5) is 10.5 Å². The summed E-state index contributed by atoms with van der Waals surface area (Å²) in [7, 11) is 0. The Hall–Kier alpha value is -2.59. The van der Waals surface area contributed by atoms with Gasteiger partial charge in [0.05, 0.1) is 0 Å². The number of hydrogen-bond acceptors (Lipinski definition) is 2. The highest BCUT2D eigenvalue weighted by Crippen LogP contribution is 2.28. The summed E-state index contributed by atoms with van der Waals surface area (Å²) in [6, 6.07) is 20.9. The molecule has 4 rings (SSSR count). The first-order chi connectivity index (χ1) is 13.7. The van der Waals surface area contributed by atoms with E-state index < -0.39 is 0 Å². The second kappa shape index (κ2) is 8.61. The third-order valence-corrected chi connectivity index (χ3v) is 6.30. The van der Waals surface area contributed by atoms with E-state index >= 15 is 0 Å². The zero-order valence-electron chi connectivity index (χ0n) is 16.2. The van der Waals surface area contributed by atoms with Crippen LogP contribution in [0.1, 0.15) is 23.3 Å². The van der Waals surface area contributed by atoms with Crippen LogP contribution in [-0.4, -0.2) is 24.0 Å². The monoisotopic (exact) mass is 390 g/mol. The number of rotatable bonds is 4. The summed E-state index contributed by atoms with van der Waals surface area (Å²) in [5.41, 5.74) is 4.88. The van der Waals surface area contributed by atoms with Gasteiger partial charge < -0.3 is 10.2 Å². The molecular formula is C24H26N2OS. The Morgan fingerprint density at radius 1 is 1.04 bits per heavy atom. The van der Waals surface area contributed by atoms with E-state index in [1.54, 1.807) is 11.3 Å². The molecule has 1 aliphatic rings. The van der Waals surface area contributed by atoms with Crippen molar-refractivity contribution in [1.29, 1.82) is 0 Å². The Bertz CT molecular complexity index is 927. The lowest BCUT2D eigenvalue weighted by atomic mass is 9.89. The van der Waals surface area contributed by atoms with Crippen molar-refractivity contribution in [1.82, 2.24) is 4.90 Å². The zero-order valence-corrected chi connectivity index (χ0v) is 17.0. The SMILES string of the molecule is Cc1cc(-c2cccc(CC3CCN(C(=O)Nc4ccccc4)CC3)c2)cs1. The molecule has 2 amide bonds. The van der Waals surface area contributed by atoms with Gasteiger partial charge in [0, 0.05) is 23.7 Å². The van der Waals surface area contributed by atoms with E-state index in [0.29, 0.717) is 5.92 Å². The lowest BCUT2D eigenvalue weighted by Gasteiger charge is -2.32. The molecule has 0 aliphatic carbocycles. The Kier molecular flexibility index (Phi) is 5.77. The summed E-state index contributed by atoms with van der Waals surface area (Å²) in [5, 5.41) is 5.23. The molecule has 2 heterocycles. The highest BCUT2D eigenvalue weighted by atomic mass is 32.1. The van der Waals surface area contributed by atoms with Crippen molar-refractivity contribution < 1.29 is 4.79 Å². The van der Waals surface area contributed by atoms with Crippen LogP contribution in [0.15, 0.2) is 66.0 Å². The molecule has 0 unspecified atom stereocenters. The lowest BCUT2D eigenvalue weighted by Crippen LogP contribution is -2.41. The number of benzene rings is 2. The molecule has 1 aliphatic heterocycles. The van der Waals surface area contributed by atoms with Crippen LogP contribution < -0.4 is 5.32 Å². The Labute approximate surface area is 171 Å². The minimum atomic E-state index is 0.0134. The van der Waals surface area contributed by atoms with Crippen LogP contribution >= 0.6 is 11.3 Å². The number of aryl methyl sites for hydroxylation is 1. The summed E-state index contributed by atoms with van der Waals surface area (Å²) in [5.74, 6) is 0.639. The topological polar surface area (TPSA) is 32.3 Å². The first kappa shape index (κ1) is 18.8. The quantitative estimate of drug-likeness (QED) is 0.564. The number of carbonyl (C=O) groups is 1. The van der Waals surface area contributed by atoms with Crippen LogP contribution in [0.3, 0.4) is 0 Å². The van der Waals surface area contributed by atoms with Gasteiger partial charge in [-0.3, -0.25) is 0 Å². The number of hydrogen-bond donors (Lipinski definition) is 1. The Morgan fingerprint density at radius 2 is 1.82 bits per heavy atom. The van der Waals surface area contributed by atoms with Gasteiger partial charge in [0.15, 0.2) is 0 Å². The van der Waals surface area contributed by atoms with Gasteiger partial charge in [-0.15, -0.1) is 11.3 Å². The summed E-state index contributed by atoms with van der Waals surface area (Å²) >= 11 is 1.80. The van der Waals surface area contributed by atoms with E-state index in [0.717, 1.165) is 38.0 Å². The average Bonchev–Trinajstić information content (AvgIpc) is 3.16. The van der Waals surface area contributed by atoms with Crippen molar-refractivity contribution in [3.05, 3.63) is 76.5 Å². The van der Waals surface area contributed by atoms with Crippen molar-refractivity contribution >= 4 is 23.1 Å². The lowest BCUT2D eigenvalue weighted by molar-refractivity contribution is 0.182. The van der Waals surface area contributed by atoms with E-state index in [1.165, 1.54) is 21.6 Å². The number of likely N-dealkylation sites (tertiary alicyclic amines) is 1. The van der Waals surface area contributed by atoms with Crippen LogP contribution in [0.2, 0.25) is 0 Å². The second-order valence-corrected chi connectivity index (χ2v) is 8.69. The molecular weight excluding hydrogens is 364 g/mol. The molecule has 28 heavy (non-hydrogen) atoms. The summed E-state index contributed by atoms with van der Waals surface area (Å²) in [6.07, 6.45) is 3.21. The van der Waals surface area contributed by atoms with Crippen molar-refractivity contribution in [3.8, 4) is 11.1 Å². The molecule has 1 saturated heterocycles. The van der Waals surface area contributed by atoms with Gasteiger partial charge in [0.1, 0.15) is 0 Å². The molecule has 4 heteroatoms. The van der Waals surface area contributed by atoms with E-state index in [1.807, 2.05) is 35.2 Å². The minimum Gasteiger partial charge on any atom is -0.325 e. The molecule has 0 saturated carbocycles. The van der Waals surface area contributed by atoms with Crippen molar-refractivity contribution in [2.45, 2.75) is 26.2 Å². The summed E-state index contributed by atoms with van der Waals surface area (Å²) in [6.45, 7) is 3.80. The smallest absolute Gasteiger partial charge is 0.321 e. The van der Waals surface area contributed by atoms with E-state index in [4.69, 9.17) is 0 Å². The van der Waals surface area contributed by atoms with Crippen molar-refractivity contribution in [2.24, 2.45) is 5.92 Å². The average molecular weight is 391 g/mol. The normalized spacial score (nSPS) is 14.8. The number of nitrogens with one attached hydrogen (secondary N) is 1. The second-order valence-electron chi connectivity index (χ2n) is 7.58. The summed E-state index contributed by atoms with van der Waals surface area (Å²) in [4.78, 5) is 15.7.